The fourth-order valence-corrected chi connectivity index (χ4v) is 6.36. The number of hydrogen-bond acceptors (Lipinski definition) is 7. The van der Waals surface area contributed by atoms with Crippen molar-refractivity contribution >= 4 is 57.6 Å². The number of nitriles is 1. The van der Waals surface area contributed by atoms with E-state index in [2.05, 4.69) is 11.1 Å². The first kappa shape index (κ1) is 24.5. The summed E-state index contributed by atoms with van der Waals surface area (Å²) >= 11 is 2.84. The number of aliphatic imine (C=N–C) groups is 2. The molecular formula is C27H23N7OS2. The first-order chi connectivity index (χ1) is 17.8. The molecule has 3 aromatic rings. The van der Waals surface area contributed by atoms with E-state index in [-0.39, 0.29) is 11.9 Å². The van der Waals surface area contributed by atoms with E-state index >= 15 is 0 Å². The van der Waals surface area contributed by atoms with Crippen molar-refractivity contribution in [2.45, 2.75) is 18.4 Å². The highest BCUT2D eigenvalue weighted by molar-refractivity contribution is 8.19. The number of thioether (sulfide) groups is 2. The van der Waals surface area contributed by atoms with Gasteiger partial charge in [-0.05, 0) is 60.1 Å². The standard InChI is InChI=1S/C27H23N7OS2/c1-16-8-9-18(14-28)12-20(16)32-27-34(15-17-6-4-3-5-7-17)24(35)23(37-27)25-33(2)21-11-10-19(31-26(29)30)13-22(21)36-25/h3-13H,15H2,1-2H3,(H4,29,30,31)/b25-23-,32-27?. The number of aryl methyl sites for hydroxylation is 1. The van der Waals surface area contributed by atoms with Gasteiger partial charge in [0.05, 0.1) is 40.3 Å². The third-order valence-corrected chi connectivity index (χ3v) is 8.28. The predicted molar refractivity (Wildman–Crippen MR) is 151 cm³/mol. The van der Waals surface area contributed by atoms with Crippen molar-refractivity contribution in [3.63, 3.8) is 0 Å². The summed E-state index contributed by atoms with van der Waals surface area (Å²) in [5, 5.41) is 10.8. The smallest absolute Gasteiger partial charge is 0.269 e. The highest BCUT2D eigenvalue weighted by Crippen LogP contribution is 2.51. The Morgan fingerprint density at radius 1 is 1.05 bits per heavy atom. The zero-order valence-electron chi connectivity index (χ0n) is 20.2. The Morgan fingerprint density at radius 2 is 1.84 bits per heavy atom. The number of anilines is 1. The van der Waals surface area contributed by atoms with Crippen LogP contribution in [-0.4, -0.2) is 29.0 Å². The van der Waals surface area contributed by atoms with Crippen LogP contribution in [0.25, 0.3) is 0 Å². The van der Waals surface area contributed by atoms with Crippen molar-refractivity contribution in [2.24, 2.45) is 21.5 Å². The second kappa shape index (κ2) is 10.0. The summed E-state index contributed by atoms with van der Waals surface area (Å²) in [4.78, 5) is 28.1. The molecule has 1 amide bonds. The van der Waals surface area contributed by atoms with Crippen molar-refractivity contribution in [3.8, 4) is 6.07 Å². The molecule has 0 spiro atoms. The number of fused-ring (bicyclic) bond motifs is 1. The minimum atomic E-state index is -0.117. The van der Waals surface area contributed by atoms with Crippen LogP contribution >= 0.6 is 23.5 Å². The normalized spacial score (nSPS) is 17.8. The van der Waals surface area contributed by atoms with Gasteiger partial charge in [-0.3, -0.25) is 9.69 Å². The first-order valence-corrected chi connectivity index (χ1v) is 13.0. The summed E-state index contributed by atoms with van der Waals surface area (Å²) in [6.45, 7) is 2.32. The number of nitrogens with two attached hydrogens (primary N) is 2. The topological polar surface area (TPSA) is 124 Å². The largest absolute Gasteiger partial charge is 0.370 e. The minimum absolute atomic E-state index is 0.00965. The van der Waals surface area contributed by atoms with Gasteiger partial charge < -0.3 is 16.4 Å². The fraction of sp³-hybridized carbons (Fsp3) is 0.111. The summed E-state index contributed by atoms with van der Waals surface area (Å²) in [5.41, 5.74) is 15.8. The summed E-state index contributed by atoms with van der Waals surface area (Å²) in [6.07, 6.45) is 0. The molecule has 2 aliphatic heterocycles. The summed E-state index contributed by atoms with van der Waals surface area (Å²) in [6, 6.07) is 23.0. The quantitative estimate of drug-likeness (QED) is 0.281. The molecule has 5 rings (SSSR count). The average Bonchev–Trinajstić information content (AvgIpc) is 3.36. The van der Waals surface area contributed by atoms with Gasteiger partial charge in [-0.2, -0.15) is 5.26 Å². The van der Waals surface area contributed by atoms with Crippen LogP contribution < -0.4 is 16.4 Å². The Balaban J connectivity index is 1.57. The van der Waals surface area contributed by atoms with Crippen molar-refractivity contribution in [2.75, 3.05) is 11.9 Å². The van der Waals surface area contributed by atoms with Crippen LogP contribution in [0.5, 0.6) is 0 Å². The second-order valence-corrected chi connectivity index (χ2v) is 10.5. The molecule has 0 aromatic heterocycles. The fourth-order valence-electron chi connectivity index (χ4n) is 3.99. The molecule has 0 aliphatic carbocycles. The Kier molecular flexibility index (Phi) is 6.65. The van der Waals surface area contributed by atoms with E-state index in [9.17, 15) is 10.1 Å². The van der Waals surface area contributed by atoms with Crippen LogP contribution in [0.4, 0.5) is 17.1 Å². The lowest BCUT2D eigenvalue weighted by Gasteiger charge is -2.17. The molecule has 0 bridgehead atoms. The van der Waals surface area contributed by atoms with E-state index in [0.717, 1.165) is 26.7 Å². The highest BCUT2D eigenvalue weighted by atomic mass is 32.2. The van der Waals surface area contributed by atoms with Crippen LogP contribution in [0.15, 0.2) is 91.5 Å². The number of benzene rings is 3. The molecule has 2 heterocycles. The van der Waals surface area contributed by atoms with Crippen molar-refractivity contribution in [1.82, 2.24) is 4.90 Å². The van der Waals surface area contributed by atoms with E-state index < -0.39 is 0 Å². The van der Waals surface area contributed by atoms with Gasteiger partial charge >= 0.3 is 0 Å². The lowest BCUT2D eigenvalue weighted by Crippen LogP contribution is -2.29. The van der Waals surface area contributed by atoms with E-state index in [4.69, 9.17) is 16.5 Å². The summed E-state index contributed by atoms with van der Waals surface area (Å²) in [5.74, 6) is -0.127. The third-order valence-electron chi connectivity index (χ3n) is 5.87. The van der Waals surface area contributed by atoms with Crippen LogP contribution in [0.1, 0.15) is 16.7 Å². The third kappa shape index (κ3) is 4.91. The zero-order valence-corrected chi connectivity index (χ0v) is 21.8. The summed E-state index contributed by atoms with van der Waals surface area (Å²) < 4.78 is 0. The Labute approximate surface area is 223 Å². The molecule has 1 fully saturated rings. The molecule has 10 heteroatoms. The minimum Gasteiger partial charge on any atom is -0.370 e. The van der Waals surface area contributed by atoms with Crippen molar-refractivity contribution in [3.05, 3.63) is 93.4 Å². The number of guanidine groups is 1. The Morgan fingerprint density at radius 3 is 2.57 bits per heavy atom. The van der Waals surface area contributed by atoms with Crippen LogP contribution in [0.3, 0.4) is 0 Å². The van der Waals surface area contributed by atoms with Gasteiger partial charge in [0, 0.05) is 11.9 Å². The maximum absolute atomic E-state index is 13.8. The Bertz CT molecular complexity index is 1540. The lowest BCUT2D eigenvalue weighted by molar-refractivity contribution is -0.122. The maximum Gasteiger partial charge on any atom is 0.269 e. The summed E-state index contributed by atoms with van der Waals surface area (Å²) in [7, 11) is 1.94. The Hall–Kier alpha value is -4.20. The van der Waals surface area contributed by atoms with Gasteiger partial charge in [-0.25, -0.2) is 9.98 Å². The molecule has 0 atom stereocenters. The van der Waals surface area contributed by atoms with Crippen molar-refractivity contribution < 1.29 is 4.79 Å². The monoisotopic (exact) mass is 525 g/mol. The van der Waals surface area contributed by atoms with Crippen molar-refractivity contribution in [1.29, 1.82) is 5.26 Å². The SMILES string of the molecule is Cc1ccc(C#N)cc1N=C1S/C(=C2\Sc3cc(N=C(N)N)ccc3N2C)C(=O)N1Cc1ccccc1. The average molecular weight is 526 g/mol. The molecular weight excluding hydrogens is 502 g/mol. The van der Waals surface area contributed by atoms with Gasteiger partial charge in [0.1, 0.15) is 4.91 Å². The molecule has 0 unspecified atom stereocenters. The van der Waals surface area contributed by atoms with Gasteiger partial charge in [0.25, 0.3) is 5.91 Å². The number of carbonyl (C=O) groups excluding carboxylic acids is 1. The van der Waals surface area contributed by atoms with Gasteiger partial charge in [0.2, 0.25) is 0 Å². The molecule has 0 radical (unpaired) electrons. The molecule has 4 N–H and O–H groups in total. The van der Waals surface area contributed by atoms with E-state index in [0.29, 0.717) is 33.6 Å². The highest BCUT2D eigenvalue weighted by Gasteiger charge is 2.39. The molecule has 2 aliphatic rings. The molecule has 184 valence electrons. The van der Waals surface area contributed by atoms with Gasteiger partial charge in [-0.1, -0.05) is 48.2 Å². The molecule has 0 saturated carbocycles. The molecule has 1 saturated heterocycles. The van der Waals surface area contributed by atoms with Crippen LogP contribution in [0.2, 0.25) is 0 Å². The van der Waals surface area contributed by atoms with E-state index in [1.807, 2.05) is 73.5 Å². The number of hydrogen-bond donors (Lipinski definition) is 2. The van der Waals surface area contributed by atoms with Gasteiger partial charge in [0.15, 0.2) is 11.1 Å². The lowest BCUT2D eigenvalue weighted by atomic mass is 10.1. The molecule has 3 aromatic carbocycles. The maximum atomic E-state index is 13.8. The number of rotatable bonds is 4. The first-order valence-electron chi connectivity index (χ1n) is 11.4. The van der Waals surface area contributed by atoms with Gasteiger partial charge in [-0.15, -0.1) is 0 Å². The number of nitrogens with zero attached hydrogens (tertiary/aromatic N) is 5. The van der Waals surface area contributed by atoms with Crippen LogP contribution in [0, 0.1) is 18.3 Å². The predicted octanol–water partition coefficient (Wildman–Crippen LogP) is 4.95. The second-order valence-electron chi connectivity index (χ2n) is 8.47. The number of amidine groups is 1. The molecule has 8 nitrogen and oxygen atoms in total. The molecule has 37 heavy (non-hydrogen) atoms. The van der Waals surface area contributed by atoms with E-state index in [1.54, 1.807) is 17.0 Å². The zero-order chi connectivity index (χ0) is 26.1. The van der Waals surface area contributed by atoms with Crippen LogP contribution in [-0.2, 0) is 11.3 Å². The van der Waals surface area contributed by atoms with E-state index in [1.165, 1.54) is 23.5 Å². The number of carbonyl (C=O) groups is 1. The number of amides is 1.